The fraction of sp³-hybridized carbons (Fsp3) is 0.625. The van der Waals surface area contributed by atoms with Crippen LogP contribution in [-0.2, 0) is 14.6 Å². The Kier molecular flexibility index (Phi) is 4.76. The molecular formula is C16H24O4S. The van der Waals surface area contributed by atoms with Gasteiger partial charge in [0.1, 0.15) is 12.2 Å². The number of aliphatic hydroxyl groups is 1. The van der Waals surface area contributed by atoms with Gasteiger partial charge in [-0.1, -0.05) is 44.4 Å². The first-order valence-corrected chi connectivity index (χ1v) is 9.05. The van der Waals surface area contributed by atoms with Crippen molar-refractivity contribution in [2.24, 2.45) is 0 Å². The third-order valence-electron chi connectivity index (χ3n) is 4.14. The highest BCUT2D eigenvalue weighted by atomic mass is 32.2. The van der Waals surface area contributed by atoms with E-state index in [4.69, 9.17) is 4.74 Å². The topological polar surface area (TPSA) is 66.9 Å². The lowest BCUT2D eigenvalue weighted by atomic mass is 10.1. The Labute approximate surface area is 127 Å². The lowest BCUT2D eigenvalue weighted by Crippen LogP contribution is -2.40. The van der Waals surface area contributed by atoms with E-state index in [2.05, 4.69) is 6.92 Å². The molecule has 1 N–H and O–H groups in total. The SMILES string of the molecule is CCCC[C@@H]1O[C@@]1([C@@H](O)CC)S(=O)(=O)c1ccc(C)cc1. The average molecular weight is 312 g/mol. The van der Waals surface area contributed by atoms with E-state index in [0.29, 0.717) is 12.8 Å². The number of aryl methyl sites for hydroxylation is 1. The van der Waals surface area contributed by atoms with E-state index in [1.165, 1.54) is 0 Å². The van der Waals surface area contributed by atoms with Crippen molar-refractivity contribution in [3.8, 4) is 0 Å². The summed E-state index contributed by atoms with van der Waals surface area (Å²) in [6.07, 6.45) is 1.49. The number of benzene rings is 1. The molecule has 1 aliphatic heterocycles. The summed E-state index contributed by atoms with van der Waals surface area (Å²) in [4.78, 5) is -1.23. The fourth-order valence-corrected chi connectivity index (χ4v) is 4.83. The van der Waals surface area contributed by atoms with E-state index >= 15 is 0 Å². The zero-order valence-corrected chi connectivity index (χ0v) is 13.7. The Morgan fingerprint density at radius 2 is 1.90 bits per heavy atom. The average Bonchev–Trinajstić information content (AvgIpc) is 3.21. The maximum atomic E-state index is 12.9. The van der Waals surface area contributed by atoms with E-state index in [-0.39, 0.29) is 4.90 Å². The normalized spacial score (nSPS) is 26.6. The van der Waals surface area contributed by atoms with Gasteiger partial charge < -0.3 is 9.84 Å². The molecule has 0 unspecified atom stereocenters. The van der Waals surface area contributed by atoms with E-state index in [0.717, 1.165) is 18.4 Å². The maximum absolute atomic E-state index is 12.9. The quantitative estimate of drug-likeness (QED) is 0.786. The number of rotatable bonds is 7. The minimum Gasteiger partial charge on any atom is -0.389 e. The van der Waals surface area contributed by atoms with E-state index in [1.807, 2.05) is 6.92 Å². The standard InChI is InChI=1S/C16H24O4S/c1-4-6-7-15-16(20-15,14(17)5-2)21(18,19)13-10-8-12(3)9-11-13/h8-11,14-15,17H,4-7H2,1-3H3/t14-,15-,16-/m0/s1. The van der Waals surface area contributed by atoms with Gasteiger partial charge >= 0.3 is 0 Å². The van der Waals surface area contributed by atoms with Crippen molar-refractivity contribution in [2.45, 2.75) is 68.5 Å². The highest BCUT2D eigenvalue weighted by Crippen LogP contribution is 2.50. The van der Waals surface area contributed by atoms with E-state index < -0.39 is 27.0 Å². The largest absolute Gasteiger partial charge is 0.389 e. The van der Waals surface area contributed by atoms with Gasteiger partial charge in [-0.15, -0.1) is 0 Å². The second-order valence-electron chi connectivity index (χ2n) is 5.71. The molecule has 0 spiro atoms. The third kappa shape index (κ3) is 2.74. The Morgan fingerprint density at radius 1 is 1.29 bits per heavy atom. The molecule has 0 radical (unpaired) electrons. The number of hydrogen-bond acceptors (Lipinski definition) is 4. The third-order valence-corrected chi connectivity index (χ3v) is 6.50. The Hall–Kier alpha value is -0.910. The lowest BCUT2D eigenvalue weighted by molar-refractivity contribution is 0.111. The molecular weight excluding hydrogens is 288 g/mol. The molecule has 118 valence electrons. The molecule has 1 heterocycles. The van der Waals surface area contributed by atoms with E-state index in [1.54, 1.807) is 31.2 Å². The van der Waals surface area contributed by atoms with Crippen LogP contribution in [0.15, 0.2) is 29.2 Å². The monoisotopic (exact) mass is 312 g/mol. The summed E-state index contributed by atoms with van der Waals surface area (Å²) in [5.74, 6) is 0. The highest BCUT2D eigenvalue weighted by Gasteiger charge is 2.69. The molecule has 0 aliphatic carbocycles. The molecule has 0 bridgehead atoms. The minimum atomic E-state index is -3.71. The van der Waals surface area contributed by atoms with Gasteiger partial charge in [0.2, 0.25) is 14.8 Å². The van der Waals surface area contributed by atoms with Crippen LogP contribution in [0.1, 0.15) is 45.1 Å². The molecule has 4 nitrogen and oxygen atoms in total. The molecule has 5 heteroatoms. The van der Waals surface area contributed by atoms with Crippen LogP contribution in [0.25, 0.3) is 0 Å². The van der Waals surface area contributed by atoms with Crippen LogP contribution in [-0.4, -0.2) is 30.7 Å². The summed E-state index contributed by atoms with van der Waals surface area (Å²) in [5.41, 5.74) is 0.998. The minimum absolute atomic E-state index is 0.222. The van der Waals surface area contributed by atoms with Crippen molar-refractivity contribution in [2.75, 3.05) is 0 Å². The first-order valence-electron chi connectivity index (χ1n) is 7.57. The van der Waals surface area contributed by atoms with Gasteiger partial charge in [-0.3, -0.25) is 0 Å². The van der Waals surface area contributed by atoms with Gasteiger partial charge in [0.05, 0.1) is 4.90 Å². The molecule has 1 saturated heterocycles. The van der Waals surface area contributed by atoms with Crippen molar-refractivity contribution in [3.05, 3.63) is 29.8 Å². The summed E-state index contributed by atoms with van der Waals surface area (Å²) in [5, 5.41) is 10.3. The number of unbranched alkanes of at least 4 members (excludes halogenated alkanes) is 1. The van der Waals surface area contributed by atoms with Crippen LogP contribution < -0.4 is 0 Å². The van der Waals surface area contributed by atoms with Crippen LogP contribution in [0.4, 0.5) is 0 Å². The smallest absolute Gasteiger partial charge is 0.225 e. The molecule has 0 aromatic heterocycles. The number of aliphatic hydroxyl groups excluding tert-OH is 1. The summed E-state index contributed by atoms with van der Waals surface area (Å²) in [6.45, 7) is 5.73. The van der Waals surface area contributed by atoms with Gasteiger partial charge in [0.15, 0.2) is 0 Å². The first kappa shape index (κ1) is 16.5. The Balaban J connectivity index is 2.36. The molecule has 1 aliphatic rings. The summed E-state index contributed by atoms with van der Waals surface area (Å²) >= 11 is 0. The second-order valence-corrected chi connectivity index (χ2v) is 7.83. The molecule has 21 heavy (non-hydrogen) atoms. The predicted molar refractivity (Wildman–Crippen MR) is 81.8 cm³/mol. The number of epoxide rings is 1. The predicted octanol–water partition coefficient (Wildman–Crippen LogP) is 2.82. The summed E-state index contributed by atoms with van der Waals surface area (Å²) in [7, 11) is -3.71. The van der Waals surface area contributed by atoms with Crippen LogP contribution >= 0.6 is 0 Å². The molecule has 2 rings (SSSR count). The highest BCUT2D eigenvalue weighted by molar-refractivity contribution is 7.93. The Bertz CT molecular complexity index is 579. The van der Waals surface area contributed by atoms with Crippen molar-refractivity contribution in [3.63, 3.8) is 0 Å². The number of hydrogen-bond donors (Lipinski definition) is 1. The van der Waals surface area contributed by atoms with E-state index in [9.17, 15) is 13.5 Å². The van der Waals surface area contributed by atoms with Gasteiger partial charge in [0, 0.05) is 0 Å². The molecule has 1 aromatic carbocycles. The summed E-state index contributed by atoms with van der Waals surface area (Å²) in [6, 6.07) is 6.71. The molecule has 0 amide bonds. The van der Waals surface area contributed by atoms with Gasteiger partial charge in [0.25, 0.3) is 0 Å². The molecule has 1 aromatic rings. The van der Waals surface area contributed by atoms with Gasteiger partial charge in [-0.25, -0.2) is 8.42 Å². The number of sulfone groups is 1. The maximum Gasteiger partial charge on any atom is 0.225 e. The van der Waals surface area contributed by atoms with Crippen molar-refractivity contribution < 1.29 is 18.3 Å². The summed E-state index contributed by atoms with van der Waals surface area (Å²) < 4.78 is 31.4. The van der Waals surface area contributed by atoms with Crippen molar-refractivity contribution in [1.29, 1.82) is 0 Å². The zero-order valence-electron chi connectivity index (χ0n) is 12.9. The van der Waals surface area contributed by atoms with Crippen molar-refractivity contribution in [1.82, 2.24) is 0 Å². The first-order chi connectivity index (χ1) is 9.90. The number of ether oxygens (including phenoxy) is 1. The Morgan fingerprint density at radius 3 is 2.43 bits per heavy atom. The fourth-order valence-electron chi connectivity index (χ4n) is 2.73. The zero-order chi connectivity index (χ0) is 15.7. The van der Waals surface area contributed by atoms with Gasteiger partial charge in [-0.2, -0.15) is 0 Å². The van der Waals surface area contributed by atoms with Crippen molar-refractivity contribution >= 4 is 9.84 Å². The van der Waals surface area contributed by atoms with Crippen LogP contribution in [0, 0.1) is 6.92 Å². The lowest BCUT2D eigenvalue weighted by Gasteiger charge is -2.19. The second kappa shape index (κ2) is 6.07. The molecule has 1 fully saturated rings. The van der Waals surface area contributed by atoms with Gasteiger partial charge in [-0.05, 0) is 31.9 Å². The van der Waals surface area contributed by atoms with Crippen LogP contribution in [0.2, 0.25) is 0 Å². The van der Waals surface area contributed by atoms with Crippen LogP contribution in [0.3, 0.4) is 0 Å². The van der Waals surface area contributed by atoms with Crippen LogP contribution in [0.5, 0.6) is 0 Å². The molecule has 0 saturated carbocycles. The molecule has 3 atom stereocenters.